The molecule has 1 aromatic heterocycles. The van der Waals surface area contributed by atoms with Crippen LogP contribution in [-0.4, -0.2) is 34.7 Å². The lowest BCUT2D eigenvalue weighted by molar-refractivity contribution is -0.159. The lowest BCUT2D eigenvalue weighted by Crippen LogP contribution is -2.36. The van der Waals surface area contributed by atoms with E-state index in [0.717, 1.165) is 5.56 Å². The fourth-order valence-electron chi connectivity index (χ4n) is 1.85. The molecule has 1 aromatic carbocycles. The molecule has 0 radical (unpaired) electrons. The molecule has 0 unspecified atom stereocenters. The van der Waals surface area contributed by atoms with Crippen LogP contribution in [0.15, 0.2) is 28.8 Å². The Balaban J connectivity index is 2.08. The fourth-order valence-corrected chi connectivity index (χ4v) is 1.85. The Morgan fingerprint density at radius 3 is 2.48 bits per heavy atom. The second kappa shape index (κ2) is 6.67. The highest BCUT2D eigenvalue weighted by molar-refractivity contribution is 5.73. The van der Waals surface area contributed by atoms with E-state index in [1.54, 1.807) is 31.3 Å². The van der Waals surface area contributed by atoms with Crippen LogP contribution in [0.5, 0.6) is 0 Å². The van der Waals surface area contributed by atoms with Crippen LogP contribution in [-0.2, 0) is 12.7 Å². The molecule has 0 aliphatic heterocycles. The minimum Gasteiger partial charge on any atom is -0.338 e. The van der Waals surface area contributed by atoms with Gasteiger partial charge >= 0.3 is 18.1 Å². The van der Waals surface area contributed by atoms with Crippen molar-refractivity contribution in [2.75, 3.05) is 13.6 Å². The van der Waals surface area contributed by atoms with Crippen molar-refractivity contribution < 1.29 is 22.5 Å². The summed E-state index contributed by atoms with van der Waals surface area (Å²) < 4.78 is 41.5. The first-order valence-corrected chi connectivity index (χ1v) is 6.80. The summed E-state index contributed by atoms with van der Waals surface area (Å²) in [6, 6.07) is 6.32. The number of carbonyl (C=O) groups excluding carboxylic acids is 1. The smallest absolute Gasteiger partial charge is 0.338 e. The summed E-state index contributed by atoms with van der Waals surface area (Å²) >= 11 is 0. The van der Waals surface area contributed by atoms with Crippen LogP contribution in [0.2, 0.25) is 0 Å². The Hall–Kier alpha value is -2.58. The van der Waals surface area contributed by atoms with Gasteiger partial charge in [-0.2, -0.15) is 18.2 Å². The molecular weight excluding hydrogens is 313 g/mol. The number of nitrogens with zero attached hydrogens (tertiary/aromatic N) is 3. The number of benzene rings is 1. The molecule has 1 N–H and O–H groups in total. The van der Waals surface area contributed by atoms with Gasteiger partial charge in [-0.25, -0.2) is 4.79 Å². The van der Waals surface area contributed by atoms with Gasteiger partial charge in [0.15, 0.2) is 0 Å². The van der Waals surface area contributed by atoms with E-state index in [4.69, 9.17) is 0 Å². The van der Waals surface area contributed by atoms with E-state index < -0.39 is 12.1 Å². The van der Waals surface area contributed by atoms with Gasteiger partial charge in [-0.15, -0.1) is 0 Å². The second-order valence-corrected chi connectivity index (χ2v) is 4.81. The highest BCUT2D eigenvalue weighted by atomic mass is 19.4. The zero-order valence-corrected chi connectivity index (χ0v) is 12.5. The molecule has 6 nitrogen and oxygen atoms in total. The van der Waals surface area contributed by atoms with E-state index in [9.17, 15) is 18.0 Å². The maximum atomic E-state index is 12.4. The van der Waals surface area contributed by atoms with Crippen LogP contribution >= 0.6 is 0 Å². The van der Waals surface area contributed by atoms with Gasteiger partial charge in [0.2, 0.25) is 5.82 Å². The van der Waals surface area contributed by atoms with Crippen LogP contribution in [0.25, 0.3) is 11.4 Å². The number of carbonyl (C=O) groups is 1. The first-order chi connectivity index (χ1) is 10.8. The van der Waals surface area contributed by atoms with Crippen LogP contribution in [0.4, 0.5) is 18.0 Å². The van der Waals surface area contributed by atoms with E-state index in [-0.39, 0.29) is 11.9 Å². The van der Waals surface area contributed by atoms with Crippen LogP contribution in [0.1, 0.15) is 18.4 Å². The summed E-state index contributed by atoms with van der Waals surface area (Å²) in [6.07, 6.45) is -4.67. The van der Waals surface area contributed by atoms with Gasteiger partial charge in [0.05, 0.1) is 0 Å². The predicted octanol–water partition coefficient (Wildman–Crippen LogP) is 2.92. The van der Waals surface area contributed by atoms with E-state index in [1.165, 1.54) is 4.90 Å². The number of aromatic nitrogens is 2. The molecule has 9 heteroatoms. The van der Waals surface area contributed by atoms with Gasteiger partial charge in [0.1, 0.15) is 0 Å². The first-order valence-electron chi connectivity index (χ1n) is 6.80. The predicted molar refractivity (Wildman–Crippen MR) is 75.3 cm³/mol. The van der Waals surface area contributed by atoms with E-state index in [2.05, 4.69) is 20.0 Å². The maximum Gasteiger partial charge on any atom is 0.471 e. The Kier molecular flexibility index (Phi) is 4.87. The standard InChI is InChI=1S/C14H15F3N4O2/c1-3-18-13(22)21(2)8-9-4-6-10(7-5-9)11-19-12(23-20-11)14(15,16)17/h4-7H,3,8H2,1-2H3,(H,18,22). The van der Waals surface area contributed by atoms with Crippen molar-refractivity contribution in [3.8, 4) is 11.4 Å². The molecule has 0 spiro atoms. The van der Waals surface area contributed by atoms with Gasteiger partial charge in [0.25, 0.3) is 0 Å². The average molecular weight is 328 g/mol. The van der Waals surface area contributed by atoms with Crippen molar-refractivity contribution >= 4 is 6.03 Å². The molecule has 2 rings (SSSR count). The maximum absolute atomic E-state index is 12.4. The summed E-state index contributed by atoms with van der Waals surface area (Å²) in [6.45, 7) is 2.72. The molecule has 124 valence electrons. The summed E-state index contributed by atoms with van der Waals surface area (Å²) in [7, 11) is 1.65. The van der Waals surface area contributed by atoms with Gasteiger partial charge in [-0.3, -0.25) is 0 Å². The van der Waals surface area contributed by atoms with Gasteiger partial charge in [-0.05, 0) is 12.5 Å². The van der Waals surface area contributed by atoms with Crippen molar-refractivity contribution in [3.63, 3.8) is 0 Å². The van der Waals surface area contributed by atoms with Crippen molar-refractivity contribution in [3.05, 3.63) is 35.7 Å². The Bertz CT molecular complexity index is 667. The normalized spacial score (nSPS) is 11.3. The van der Waals surface area contributed by atoms with Crippen LogP contribution < -0.4 is 5.32 Å². The molecule has 23 heavy (non-hydrogen) atoms. The summed E-state index contributed by atoms with van der Waals surface area (Å²) in [5, 5.41) is 5.98. The number of hydrogen-bond acceptors (Lipinski definition) is 4. The third-order valence-electron chi connectivity index (χ3n) is 2.98. The molecular formula is C14H15F3N4O2. The average Bonchev–Trinajstić information content (AvgIpc) is 2.98. The number of nitrogens with one attached hydrogen (secondary N) is 1. The topological polar surface area (TPSA) is 71.3 Å². The number of halogens is 3. The second-order valence-electron chi connectivity index (χ2n) is 4.81. The highest BCUT2D eigenvalue weighted by Gasteiger charge is 2.38. The minimum absolute atomic E-state index is 0.138. The number of urea groups is 1. The fraction of sp³-hybridized carbons (Fsp3) is 0.357. The highest BCUT2D eigenvalue weighted by Crippen LogP contribution is 2.29. The lowest BCUT2D eigenvalue weighted by Gasteiger charge is -2.17. The third kappa shape index (κ3) is 4.21. The number of rotatable bonds is 4. The molecule has 0 atom stereocenters. The molecule has 0 aliphatic carbocycles. The van der Waals surface area contributed by atoms with E-state index in [0.29, 0.717) is 18.7 Å². The summed E-state index contributed by atoms with van der Waals surface area (Å²) in [5.74, 6) is -1.52. The van der Waals surface area contributed by atoms with Crippen LogP contribution in [0, 0.1) is 0 Å². The van der Waals surface area contributed by atoms with E-state index in [1.807, 2.05) is 6.92 Å². The van der Waals surface area contributed by atoms with Crippen molar-refractivity contribution in [1.29, 1.82) is 0 Å². The molecule has 0 aliphatic rings. The van der Waals surface area contributed by atoms with Gasteiger partial charge in [0, 0.05) is 25.7 Å². The zero-order valence-electron chi connectivity index (χ0n) is 12.5. The van der Waals surface area contributed by atoms with Gasteiger partial charge < -0.3 is 14.7 Å². The minimum atomic E-state index is -4.67. The first kappa shape index (κ1) is 16.8. The van der Waals surface area contributed by atoms with Crippen LogP contribution in [0.3, 0.4) is 0 Å². The van der Waals surface area contributed by atoms with Crippen molar-refractivity contribution in [1.82, 2.24) is 20.4 Å². The monoisotopic (exact) mass is 328 g/mol. The quantitative estimate of drug-likeness (QED) is 0.937. The molecule has 0 saturated carbocycles. The summed E-state index contributed by atoms with van der Waals surface area (Å²) in [5.41, 5.74) is 1.22. The van der Waals surface area contributed by atoms with Gasteiger partial charge in [-0.1, -0.05) is 29.4 Å². The lowest BCUT2D eigenvalue weighted by atomic mass is 10.1. The zero-order chi connectivity index (χ0) is 17.0. The summed E-state index contributed by atoms with van der Waals surface area (Å²) in [4.78, 5) is 16.4. The van der Waals surface area contributed by atoms with Crippen molar-refractivity contribution in [2.24, 2.45) is 0 Å². The molecule has 1 heterocycles. The SMILES string of the molecule is CCNC(=O)N(C)Cc1ccc(-c2noc(C(F)(F)F)n2)cc1. The van der Waals surface area contributed by atoms with Crippen molar-refractivity contribution in [2.45, 2.75) is 19.6 Å². The number of amides is 2. The Morgan fingerprint density at radius 2 is 1.96 bits per heavy atom. The molecule has 0 fully saturated rings. The molecule has 0 saturated heterocycles. The molecule has 2 amide bonds. The van der Waals surface area contributed by atoms with E-state index >= 15 is 0 Å². The Labute approximate surface area is 130 Å². The largest absolute Gasteiger partial charge is 0.471 e. The Morgan fingerprint density at radius 1 is 1.30 bits per heavy atom. The number of alkyl halides is 3. The molecule has 0 bridgehead atoms. The number of hydrogen-bond donors (Lipinski definition) is 1. The molecule has 2 aromatic rings. The third-order valence-corrected chi connectivity index (χ3v) is 2.98.